The lowest BCUT2D eigenvalue weighted by atomic mass is 9.96. The minimum Gasteiger partial charge on any atom is -0.508 e. The second kappa shape index (κ2) is 9.29. The van der Waals surface area contributed by atoms with E-state index in [4.69, 9.17) is 32.7 Å². The molecular formula is C20H21Cl2FO4. The van der Waals surface area contributed by atoms with Crippen molar-refractivity contribution >= 4 is 29.2 Å². The largest absolute Gasteiger partial charge is 0.508 e. The van der Waals surface area contributed by atoms with Gasteiger partial charge >= 0.3 is 5.97 Å². The molecule has 0 radical (unpaired) electrons. The van der Waals surface area contributed by atoms with Crippen LogP contribution in [-0.4, -0.2) is 24.3 Å². The minimum atomic E-state index is -0.789. The zero-order chi connectivity index (χ0) is 20.1. The third-order valence-corrected chi connectivity index (χ3v) is 4.70. The number of ether oxygens (including phenoxy) is 2. The van der Waals surface area contributed by atoms with Gasteiger partial charge in [0.15, 0.2) is 18.2 Å². The molecule has 0 aromatic heterocycles. The third-order valence-electron chi connectivity index (χ3n) is 3.97. The van der Waals surface area contributed by atoms with E-state index >= 15 is 0 Å². The molecule has 0 fully saturated rings. The number of phenols is 1. The first-order valence-electron chi connectivity index (χ1n) is 8.51. The highest BCUT2D eigenvalue weighted by Crippen LogP contribution is 2.36. The van der Waals surface area contributed by atoms with Crippen LogP contribution in [-0.2, 0) is 16.0 Å². The van der Waals surface area contributed by atoms with Gasteiger partial charge in [-0.05, 0) is 35.6 Å². The van der Waals surface area contributed by atoms with Crippen molar-refractivity contribution in [3.63, 3.8) is 0 Å². The predicted octanol–water partition coefficient (Wildman–Crippen LogP) is 5.49. The highest BCUT2D eigenvalue weighted by atomic mass is 35.5. The van der Waals surface area contributed by atoms with Gasteiger partial charge in [-0.2, -0.15) is 0 Å². The third kappa shape index (κ3) is 5.27. The first-order chi connectivity index (χ1) is 12.7. The van der Waals surface area contributed by atoms with E-state index in [0.29, 0.717) is 5.56 Å². The maximum atomic E-state index is 14.5. The Balaban J connectivity index is 2.27. The number of phenolic OH excluding ortho intramolecular Hbond substituents is 1. The van der Waals surface area contributed by atoms with Gasteiger partial charge in [0.25, 0.3) is 0 Å². The Labute approximate surface area is 167 Å². The topological polar surface area (TPSA) is 55.8 Å². The number of hydrogen-bond acceptors (Lipinski definition) is 4. The Morgan fingerprint density at radius 2 is 1.96 bits per heavy atom. The number of carbonyl (C=O) groups is 1. The van der Waals surface area contributed by atoms with Gasteiger partial charge < -0.3 is 14.6 Å². The fraction of sp³-hybridized carbons (Fsp3) is 0.350. The Morgan fingerprint density at radius 1 is 1.26 bits per heavy atom. The van der Waals surface area contributed by atoms with Crippen LogP contribution in [0, 0.1) is 5.82 Å². The number of rotatable bonds is 7. The monoisotopic (exact) mass is 414 g/mol. The van der Waals surface area contributed by atoms with Gasteiger partial charge in [0.05, 0.1) is 11.6 Å². The number of hydrogen-bond donors (Lipinski definition) is 1. The quantitative estimate of drug-likeness (QED) is 0.480. The molecule has 0 aliphatic rings. The molecule has 0 aliphatic heterocycles. The predicted molar refractivity (Wildman–Crippen MR) is 104 cm³/mol. The number of benzene rings is 2. The smallest absolute Gasteiger partial charge is 0.344 e. The van der Waals surface area contributed by atoms with E-state index in [1.54, 1.807) is 19.1 Å². The summed E-state index contributed by atoms with van der Waals surface area (Å²) in [5.74, 6) is -1.27. The molecular weight excluding hydrogens is 394 g/mol. The second-order valence-electron chi connectivity index (χ2n) is 6.28. The summed E-state index contributed by atoms with van der Waals surface area (Å²) >= 11 is 12.4. The fourth-order valence-electron chi connectivity index (χ4n) is 2.60. The lowest BCUT2D eigenvalue weighted by molar-refractivity contribution is -0.145. The van der Waals surface area contributed by atoms with E-state index < -0.39 is 18.4 Å². The summed E-state index contributed by atoms with van der Waals surface area (Å²) in [6, 6.07) is 6.47. The first-order valence-corrected chi connectivity index (χ1v) is 9.26. The maximum absolute atomic E-state index is 14.5. The van der Waals surface area contributed by atoms with Gasteiger partial charge in [0.1, 0.15) is 5.75 Å². The molecule has 0 heterocycles. The van der Waals surface area contributed by atoms with Crippen molar-refractivity contribution in [2.45, 2.75) is 33.1 Å². The molecule has 0 saturated carbocycles. The molecule has 27 heavy (non-hydrogen) atoms. The van der Waals surface area contributed by atoms with Crippen molar-refractivity contribution in [3.05, 3.63) is 56.8 Å². The van der Waals surface area contributed by atoms with Crippen LogP contribution in [0.2, 0.25) is 10.0 Å². The first kappa shape index (κ1) is 21.3. The SMILES string of the molecule is CCOC(=O)COc1cc(Cl)c(Cc2ccc(O)c(C(C)C)c2)c(Cl)c1F. The summed E-state index contributed by atoms with van der Waals surface area (Å²) in [4.78, 5) is 11.4. The van der Waals surface area contributed by atoms with Crippen LogP contribution < -0.4 is 4.74 Å². The summed E-state index contributed by atoms with van der Waals surface area (Å²) in [6.07, 6.45) is 0.284. The van der Waals surface area contributed by atoms with Gasteiger partial charge in [-0.3, -0.25) is 0 Å². The highest BCUT2D eigenvalue weighted by molar-refractivity contribution is 6.36. The molecule has 0 spiro atoms. The molecule has 1 N–H and O–H groups in total. The Morgan fingerprint density at radius 3 is 2.59 bits per heavy atom. The Hall–Kier alpha value is -1.98. The number of halogens is 3. The van der Waals surface area contributed by atoms with Crippen LogP contribution in [0.25, 0.3) is 0 Å². The average molecular weight is 415 g/mol. The number of aromatic hydroxyl groups is 1. The molecule has 7 heteroatoms. The lowest BCUT2D eigenvalue weighted by Gasteiger charge is -2.14. The molecule has 0 bridgehead atoms. The van der Waals surface area contributed by atoms with Crippen molar-refractivity contribution in [3.8, 4) is 11.5 Å². The van der Waals surface area contributed by atoms with Gasteiger partial charge in [-0.15, -0.1) is 0 Å². The standard InChI is InChI=1S/C20H21Cl2FO4/c1-4-26-18(25)10-27-17-9-15(21)14(19(22)20(17)23)8-12-5-6-16(24)13(7-12)11(2)3/h5-7,9,11,24H,4,8,10H2,1-3H3. The summed E-state index contributed by atoms with van der Waals surface area (Å²) < 4.78 is 24.4. The van der Waals surface area contributed by atoms with Crippen LogP contribution in [0.5, 0.6) is 11.5 Å². The highest BCUT2D eigenvalue weighted by Gasteiger charge is 2.19. The van der Waals surface area contributed by atoms with E-state index in [0.717, 1.165) is 11.1 Å². The molecule has 2 rings (SSSR count). The zero-order valence-electron chi connectivity index (χ0n) is 15.3. The van der Waals surface area contributed by atoms with Crippen LogP contribution in [0.1, 0.15) is 43.4 Å². The lowest BCUT2D eigenvalue weighted by Crippen LogP contribution is -2.15. The molecule has 0 aliphatic carbocycles. The van der Waals surface area contributed by atoms with Crippen molar-refractivity contribution in [2.24, 2.45) is 0 Å². The van der Waals surface area contributed by atoms with Crippen molar-refractivity contribution in [1.29, 1.82) is 0 Å². The van der Waals surface area contributed by atoms with E-state index in [2.05, 4.69) is 0 Å². The molecule has 0 unspecified atom stereocenters. The fourth-order valence-corrected chi connectivity index (χ4v) is 3.17. The maximum Gasteiger partial charge on any atom is 0.344 e. The molecule has 146 valence electrons. The molecule has 2 aromatic carbocycles. The van der Waals surface area contributed by atoms with Gasteiger partial charge in [0.2, 0.25) is 0 Å². The summed E-state index contributed by atoms with van der Waals surface area (Å²) in [5.41, 5.74) is 2.02. The van der Waals surface area contributed by atoms with E-state index in [1.807, 2.05) is 19.9 Å². The van der Waals surface area contributed by atoms with Crippen LogP contribution in [0.4, 0.5) is 4.39 Å². The van der Waals surface area contributed by atoms with Gasteiger partial charge in [0, 0.05) is 17.5 Å². The minimum absolute atomic E-state index is 0.131. The Bertz CT molecular complexity index is 837. The van der Waals surface area contributed by atoms with Crippen molar-refractivity contribution in [2.75, 3.05) is 13.2 Å². The summed E-state index contributed by atoms with van der Waals surface area (Å²) in [7, 11) is 0. The normalized spacial score (nSPS) is 10.9. The Kier molecular flexibility index (Phi) is 7.33. The zero-order valence-corrected chi connectivity index (χ0v) is 16.8. The second-order valence-corrected chi connectivity index (χ2v) is 7.07. The molecule has 2 aromatic rings. The van der Waals surface area contributed by atoms with Crippen LogP contribution >= 0.6 is 23.2 Å². The van der Waals surface area contributed by atoms with Gasteiger partial charge in [-0.1, -0.05) is 49.2 Å². The molecule has 0 saturated heterocycles. The van der Waals surface area contributed by atoms with Crippen molar-refractivity contribution < 1.29 is 23.8 Å². The van der Waals surface area contributed by atoms with Crippen molar-refractivity contribution in [1.82, 2.24) is 0 Å². The average Bonchev–Trinajstić information content (AvgIpc) is 2.62. The van der Waals surface area contributed by atoms with Crippen LogP contribution in [0.15, 0.2) is 24.3 Å². The van der Waals surface area contributed by atoms with E-state index in [1.165, 1.54) is 6.07 Å². The van der Waals surface area contributed by atoms with Crippen LogP contribution in [0.3, 0.4) is 0 Å². The molecule has 4 nitrogen and oxygen atoms in total. The van der Waals surface area contributed by atoms with E-state index in [-0.39, 0.29) is 40.5 Å². The number of carbonyl (C=O) groups excluding carboxylic acids is 1. The molecule has 0 atom stereocenters. The summed E-state index contributed by atoms with van der Waals surface area (Å²) in [5, 5.41) is 9.99. The summed E-state index contributed by atoms with van der Waals surface area (Å²) in [6.45, 7) is 5.36. The van der Waals surface area contributed by atoms with E-state index in [9.17, 15) is 14.3 Å². The molecule has 0 amide bonds. The van der Waals surface area contributed by atoms with Gasteiger partial charge in [-0.25, -0.2) is 9.18 Å². The number of esters is 1.